The maximum Gasteiger partial charge on any atom is 0.133 e. The van der Waals surface area contributed by atoms with Gasteiger partial charge in [-0.3, -0.25) is 0 Å². The van der Waals surface area contributed by atoms with Crippen LogP contribution in [-0.4, -0.2) is 12.0 Å². The number of halogens is 2. The van der Waals surface area contributed by atoms with Crippen LogP contribution >= 0.6 is 38.9 Å². The van der Waals surface area contributed by atoms with Crippen molar-refractivity contribution in [1.29, 1.82) is 0 Å². The van der Waals surface area contributed by atoms with Crippen molar-refractivity contribution in [3.8, 4) is 0 Å². The maximum absolute atomic E-state index is 5.91. The summed E-state index contributed by atoms with van der Waals surface area (Å²) in [5.41, 5.74) is 0.979. The third kappa shape index (κ3) is 2.39. The third-order valence-electron chi connectivity index (χ3n) is 2.24. The summed E-state index contributed by atoms with van der Waals surface area (Å²) in [6.45, 7) is 1.98. The van der Waals surface area contributed by atoms with Gasteiger partial charge in [0.15, 0.2) is 0 Å². The Balaban J connectivity index is 2.33. The maximum atomic E-state index is 5.91. The summed E-state index contributed by atoms with van der Waals surface area (Å²) in [5, 5.41) is 1.08. The second kappa shape index (κ2) is 4.73. The lowest BCUT2D eigenvalue weighted by Crippen LogP contribution is -2.09. The number of aryl methyl sites for hydroxylation is 1. The van der Waals surface area contributed by atoms with Crippen molar-refractivity contribution in [2.24, 2.45) is 0 Å². The molecule has 0 amide bonds. The van der Waals surface area contributed by atoms with Crippen LogP contribution in [0.3, 0.4) is 0 Å². The van der Waals surface area contributed by atoms with Gasteiger partial charge in [-0.05, 0) is 47.1 Å². The highest BCUT2D eigenvalue weighted by molar-refractivity contribution is 9.10. The zero-order valence-corrected chi connectivity index (χ0v) is 12.0. The van der Waals surface area contributed by atoms with Gasteiger partial charge in [0.25, 0.3) is 0 Å². The molecule has 0 aliphatic rings. The lowest BCUT2D eigenvalue weighted by atomic mass is 10.3. The number of aromatic nitrogens is 1. The number of hydrogen-bond donors (Lipinski definition) is 0. The van der Waals surface area contributed by atoms with E-state index < -0.39 is 0 Å². The lowest BCUT2D eigenvalue weighted by Gasteiger charge is -2.16. The summed E-state index contributed by atoms with van der Waals surface area (Å²) < 4.78 is 1.81. The molecule has 0 radical (unpaired) electrons. The van der Waals surface area contributed by atoms with Crippen LogP contribution in [-0.2, 0) is 0 Å². The summed E-state index contributed by atoms with van der Waals surface area (Å²) >= 11 is 10.9. The van der Waals surface area contributed by atoms with E-state index in [0.717, 1.165) is 25.3 Å². The van der Waals surface area contributed by atoms with Crippen LogP contribution in [0.25, 0.3) is 0 Å². The second-order valence-corrected chi connectivity index (χ2v) is 5.92. The molecular formula is C11H10BrClN2S. The van der Waals surface area contributed by atoms with E-state index in [2.05, 4.69) is 20.9 Å². The number of pyridine rings is 1. The monoisotopic (exact) mass is 316 g/mol. The number of hydrogen-bond acceptors (Lipinski definition) is 3. The minimum absolute atomic E-state index is 0.788. The van der Waals surface area contributed by atoms with E-state index in [0.29, 0.717) is 0 Å². The summed E-state index contributed by atoms with van der Waals surface area (Å²) in [4.78, 5) is 6.52. The van der Waals surface area contributed by atoms with Gasteiger partial charge in [0.1, 0.15) is 5.82 Å². The van der Waals surface area contributed by atoms with E-state index in [1.165, 1.54) is 0 Å². The van der Waals surface area contributed by atoms with Gasteiger partial charge >= 0.3 is 0 Å². The second-order valence-electron chi connectivity index (χ2n) is 3.37. The molecule has 0 saturated carbocycles. The van der Waals surface area contributed by atoms with Crippen LogP contribution in [0.1, 0.15) is 5.69 Å². The van der Waals surface area contributed by atoms with Crippen molar-refractivity contribution in [1.82, 2.24) is 4.98 Å². The van der Waals surface area contributed by atoms with Gasteiger partial charge < -0.3 is 4.90 Å². The Kier molecular flexibility index (Phi) is 3.52. The van der Waals surface area contributed by atoms with Crippen LogP contribution in [0.15, 0.2) is 28.7 Å². The molecule has 0 N–H and O–H groups in total. The van der Waals surface area contributed by atoms with E-state index in [1.54, 1.807) is 11.3 Å². The van der Waals surface area contributed by atoms with Gasteiger partial charge in [-0.25, -0.2) is 4.98 Å². The summed E-state index contributed by atoms with van der Waals surface area (Å²) in [5.74, 6) is 0.916. The van der Waals surface area contributed by atoms with Crippen LogP contribution in [0.4, 0.5) is 10.8 Å². The highest BCUT2D eigenvalue weighted by Gasteiger charge is 2.08. The number of anilines is 2. The number of rotatable bonds is 2. The van der Waals surface area contributed by atoms with Crippen LogP contribution in [0.5, 0.6) is 0 Å². The van der Waals surface area contributed by atoms with Gasteiger partial charge in [0, 0.05) is 11.5 Å². The molecule has 2 aromatic heterocycles. The standard InChI is InChI=1S/C11H10BrClN2S/c1-7-8(12)3-5-10(14-7)15(2)11-6-4-9(13)16-11/h3-6H,1-2H3. The SMILES string of the molecule is Cc1nc(N(C)c2ccc(Cl)s2)ccc1Br. The fourth-order valence-corrected chi connectivity index (χ4v) is 2.54. The average molecular weight is 318 g/mol. The molecule has 16 heavy (non-hydrogen) atoms. The molecular weight excluding hydrogens is 308 g/mol. The first-order valence-electron chi connectivity index (χ1n) is 4.70. The molecule has 0 unspecified atom stereocenters. The van der Waals surface area contributed by atoms with Gasteiger partial charge in [-0.15, -0.1) is 11.3 Å². The molecule has 0 spiro atoms. The molecule has 0 atom stereocenters. The smallest absolute Gasteiger partial charge is 0.133 e. The minimum Gasteiger partial charge on any atom is -0.321 e. The van der Waals surface area contributed by atoms with Crippen molar-refractivity contribution >= 4 is 49.7 Å². The Labute approximate surface area is 112 Å². The first-order valence-corrected chi connectivity index (χ1v) is 6.69. The fourth-order valence-electron chi connectivity index (χ4n) is 1.32. The highest BCUT2D eigenvalue weighted by Crippen LogP contribution is 2.32. The van der Waals surface area contributed by atoms with Crippen molar-refractivity contribution in [3.63, 3.8) is 0 Å². The van der Waals surface area contributed by atoms with Crippen molar-refractivity contribution in [2.75, 3.05) is 11.9 Å². The molecule has 2 nitrogen and oxygen atoms in total. The van der Waals surface area contributed by atoms with E-state index >= 15 is 0 Å². The molecule has 0 saturated heterocycles. The Morgan fingerprint density at radius 3 is 2.62 bits per heavy atom. The predicted molar refractivity (Wildman–Crippen MR) is 74.1 cm³/mol. The molecule has 5 heteroatoms. The molecule has 84 valence electrons. The van der Waals surface area contributed by atoms with Gasteiger partial charge in [0.2, 0.25) is 0 Å². The minimum atomic E-state index is 0.788. The Morgan fingerprint density at radius 2 is 2.06 bits per heavy atom. The normalized spacial score (nSPS) is 10.5. The van der Waals surface area contributed by atoms with Crippen LogP contribution in [0.2, 0.25) is 4.34 Å². The third-order valence-corrected chi connectivity index (χ3v) is 4.39. The lowest BCUT2D eigenvalue weighted by molar-refractivity contribution is 1.09. The molecule has 2 rings (SSSR count). The van der Waals surface area contributed by atoms with Crippen molar-refractivity contribution < 1.29 is 0 Å². The fraction of sp³-hybridized carbons (Fsp3) is 0.182. The topological polar surface area (TPSA) is 16.1 Å². The predicted octanol–water partition coefficient (Wildman–Crippen LogP) is 4.64. The van der Waals surface area contributed by atoms with Crippen molar-refractivity contribution in [2.45, 2.75) is 6.92 Å². The molecule has 0 fully saturated rings. The first kappa shape index (κ1) is 11.9. The number of nitrogens with zero attached hydrogens (tertiary/aromatic N) is 2. The van der Waals surface area contributed by atoms with Crippen molar-refractivity contribution in [3.05, 3.63) is 38.8 Å². The van der Waals surface area contributed by atoms with E-state index in [-0.39, 0.29) is 0 Å². The molecule has 0 aliphatic heterocycles. The average Bonchev–Trinajstić information content (AvgIpc) is 2.68. The molecule has 2 aromatic rings. The molecule has 0 aliphatic carbocycles. The summed E-state index contributed by atoms with van der Waals surface area (Å²) in [6, 6.07) is 7.86. The number of thiophene rings is 1. The summed E-state index contributed by atoms with van der Waals surface area (Å²) in [6.07, 6.45) is 0. The molecule has 0 aromatic carbocycles. The summed E-state index contributed by atoms with van der Waals surface area (Å²) in [7, 11) is 1.98. The Hall–Kier alpha value is -0.580. The van der Waals surface area contributed by atoms with E-state index in [9.17, 15) is 0 Å². The zero-order chi connectivity index (χ0) is 11.7. The largest absolute Gasteiger partial charge is 0.321 e. The Morgan fingerprint density at radius 1 is 1.31 bits per heavy atom. The first-order chi connectivity index (χ1) is 7.58. The quantitative estimate of drug-likeness (QED) is 0.802. The van der Waals surface area contributed by atoms with Gasteiger partial charge in [-0.1, -0.05) is 11.6 Å². The Bertz CT molecular complexity index is 512. The van der Waals surface area contributed by atoms with E-state index in [1.807, 2.05) is 43.1 Å². The zero-order valence-electron chi connectivity index (χ0n) is 8.87. The van der Waals surface area contributed by atoms with Crippen LogP contribution in [0, 0.1) is 6.92 Å². The van der Waals surface area contributed by atoms with E-state index in [4.69, 9.17) is 11.6 Å². The highest BCUT2D eigenvalue weighted by atomic mass is 79.9. The van der Waals surface area contributed by atoms with Crippen LogP contribution < -0.4 is 4.90 Å². The molecule has 2 heterocycles. The van der Waals surface area contributed by atoms with Gasteiger partial charge in [-0.2, -0.15) is 0 Å². The van der Waals surface area contributed by atoms with Gasteiger partial charge in [0.05, 0.1) is 15.0 Å². The molecule has 0 bridgehead atoms.